The molecule has 2 heterocycles. The average Bonchev–Trinajstić information content (AvgIpc) is 2.86. The smallest absolute Gasteiger partial charge is 0.262 e. The molecule has 0 atom stereocenters. The van der Waals surface area contributed by atoms with Gasteiger partial charge in [0.25, 0.3) is 5.56 Å². The molecule has 0 spiro atoms. The van der Waals surface area contributed by atoms with Crippen molar-refractivity contribution in [1.82, 2.24) is 19.7 Å². The normalized spacial score (nSPS) is 11.4. The lowest BCUT2D eigenvalue weighted by atomic mass is 10.1. The second kappa shape index (κ2) is 5.33. The van der Waals surface area contributed by atoms with Crippen molar-refractivity contribution < 1.29 is 0 Å². The van der Waals surface area contributed by atoms with Gasteiger partial charge >= 0.3 is 0 Å². The molecule has 0 fully saturated rings. The molecule has 3 aromatic rings. The molecule has 0 saturated heterocycles. The Balaban J connectivity index is 2.05. The van der Waals surface area contributed by atoms with Crippen LogP contribution in [0.1, 0.15) is 31.3 Å². The lowest BCUT2D eigenvalue weighted by Gasteiger charge is -2.07. The van der Waals surface area contributed by atoms with Crippen molar-refractivity contribution in [3.63, 3.8) is 0 Å². The van der Waals surface area contributed by atoms with E-state index in [2.05, 4.69) is 15.1 Å². The lowest BCUT2D eigenvalue weighted by Crippen LogP contribution is -2.13. The van der Waals surface area contributed by atoms with Gasteiger partial charge in [-0.2, -0.15) is 5.10 Å². The molecular weight excluding hydrogens is 288 g/mol. The van der Waals surface area contributed by atoms with Crippen molar-refractivity contribution in [1.29, 1.82) is 0 Å². The molecule has 0 unspecified atom stereocenters. The zero-order chi connectivity index (χ0) is 15.0. The fraction of sp³-hybridized carbons (Fsp3) is 0.267. The Kier molecular flexibility index (Phi) is 3.51. The second-order valence-electron chi connectivity index (χ2n) is 5.24. The molecule has 3 rings (SSSR count). The molecule has 2 aromatic heterocycles. The van der Waals surface area contributed by atoms with E-state index in [9.17, 15) is 4.79 Å². The van der Waals surface area contributed by atoms with E-state index in [-0.39, 0.29) is 11.6 Å². The average molecular weight is 303 g/mol. The zero-order valence-electron chi connectivity index (χ0n) is 11.8. The van der Waals surface area contributed by atoms with Gasteiger partial charge in [0.15, 0.2) is 5.65 Å². The Labute approximate surface area is 126 Å². The van der Waals surface area contributed by atoms with E-state index in [1.54, 1.807) is 10.9 Å². The van der Waals surface area contributed by atoms with Crippen LogP contribution >= 0.6 is 11.6 Å². The third kappa shape index (κ3) is 2.69. The van der Waals surface area contributed by atoms with Crippen molar-refractivity contribution in [3.8, 4) is 0 Å². The first-order chi connectivity index (χ1) is 10.0. The summed E-state index contributed by atoms with van der Waals surface area (Å²) in [4.78, 5) is 19.5. The fourth-order valence-electron chi connectivity index (χ4n) is 2.24. The van der Waals surface area contributed by atoms with Gasteiger partial charge in [0.05, 0.1) is 6.20 Å². The van der Waals surface area contributed by atoms with Crippen LogP contribution in [0.2, 0.25) is 5.02 Å². The van der Waals surface area contributed by atoms with Gasteiger partial charge in [-0.15, -0.1) is 0 Å². The fourth-order valence-corrected chi connectivity index (χ4v) is 2.36. The highest BCUT2D eigenvalue weighted by Crippen LogP contribution is 2.15. The summed E-state index contributed by atoms with van der Waals surface area (Å²) in [6.45, 7) is 4.02. The number of aromatic nitrogens is 4. The molecule has 5 nitrogen and oxygen atoms in total. The maximum atomic E-state index is 12.1. The van der Waals surface area contributed by atoms with E-state index in [4.69, 9.17) is 11.6 Å². The molecule has 0 aliphatic carbocycles. The Morgan fingerprint density at radius 3 is 2.67 bits per heavy atom. The molecule has 0 radical (unpaired) electrons. The van der Waals surface area contributed by atoms with E-state index in [1.807, 2.05) is 38.1 Å². The predicted octanol–water partition coefficient (Wildman–Crippen LogP) is 2.94. The van der Waals surface area contributed by atoms with Crippen molar-refractivity contribution in [2.45, 2.75) is 26.3 Å². The van der Waals surface area contributed by atoms with Gasteiger partial charge in [-0.1, -0.05) is 23.7 Å². The van der Waals surface area contributed by atoms with Gasteiger partial charge in [0, 0.05) is 17.5 Å². The molecule has 0 saturated carbocycles. The monoisotopic (exact) mass is 302 g/mol. The van der Waals surface area contributed by atoms with Gasteiger partial charge in [-0.3, -0.25) is 4.79 Å². The minimum atomic E-state index is -0.157. The number of hydrogen-bond acceptors (Lipinski definition) is 3. The van der Waals surface area contributed by atoms with Crippen molar-refractivity contribution in [3.05, 3.63) is 57.2 Å². The SMILES string of the molecule is CC(C)n1ncc2c(=O)[nH]c(Cc3ccc(Cl)cc3)nc21. The first-order valence-electron chi connectivity index (χ1n) is 6.75. The summed E-state index contributed by atoms with van der Waals surface area (Å²) in [5, 5.41) is 5.44. The molecule has 1 aromatic carbocycles. The summed E-state index contributed by atoms with van der Waals surface area (Å²) in [7, 11) is 0. The van der Waals surface area contributed by atoms with Crippen LogP contribution in [0.5, 0.6) is 0 Å². The summed E-state index contributed by atoms with van der Waals surface area (Å²) >= 11 is 5.87. The Hall–Kier alpha value is -2.14. The van der Waals surface area contributed by atoms with Gasteiger partial charge in [-0.25, -0.2) is 9.67 Å². The molecule has 108 valence electrons. The number of fused-ring (bicyclic) bond motifs is 1. The number of nitrogens with zero attached hydrogens (tertiary/aromatic N) is 3. The third-order valence-corrected chi connectivity index (χ3v) is 3.54. The molecular formula is C15H15ClN4O. The third-order valence-electron chi connectivity index (χ3n) is 3.29. The number of benzene rings is 1. The van der Waals surface area contributed by atoms with Gasteiger partial charge < -0.3 is 4.98 Å². The standard InChI is InChI=1S/C15H15ClN4O/c1-9(2)20-14-12(8-17-20)15(21)19-13(18-14)7-10-3-5-11(16)6-4-10/h3-6,8-9H,7H2,1-2H3,(H,18,19,21). The lowest BCUT2D eigenvalue weighted by molar-refractivity contribution is 0.545. The maximum absolute atomic E-state index is 12.1. The quantitative estimate of drug-likeness (QED) is 0.809. The van der Waals surface area contributed by atoms with Gasteiger partial charge in [0.1, 0.15) is 11.2 Å². The van der Waals surface area contributed by atoms with Crippen LogP contribution in [0.15, 0.2) is 35.3 Å². The molecule has 0 bridgehead atoms. The topological polar surface area (TPSA) is 63.6 Å². The molecule has 0 aliphatic heterocycles. The first-order valence-corrected chi connectivity index (χ1v) is 7.13. The second-order valence-corrected chi connectivity index (χ2v) is 5.67. The minimum absolute atomic E-state index is 0.153. The Bertz CT molecular complexity index is 833. The summed E-state index contributed by atoms with van der Waals surface area (Å²) < 4.78 is 1.76. The van der Waals surface area contributed by atoms with Gasteiger partial charge in [0.2, 0.25) is 0 Å². The van der Waals surface area contributed by atoms with Crippen LogP contribution in [0.3, 0.4) is 0 Å². The Morgan fingerprint density at radius 2 is 2.00 bits per heavy atom. The van der Waals surface area contributed by atoms with Crippen LogP contribution < -0.4 is 5.56 Å². The highest BCUT2D eigenvalue weighted by molar-refractivity contribution is 6.30. The van der Waals surface area contributed by atoms with Crippen LogP contribution in [-0.4, -0.2) is 19.7 Å². The number of halogens is 1. The molecule has 0 aliphatic rings. The van der Waals surface area contributed by atoms with E-state index < -0.39 is 0 Å². The number of H-pyrrole nitrogens is 1. The van der Waals surface area contributed by atoms with Crippen LogP contribution in [0.25, 0.3) is 11.0 Å². The van der Waals surface area contributed by atoms with Crippen LogP contribution in [-0.2, 0) is 6.42 Å². The molecule has 0 amide bonds. The highest BCUT2D eigenvalue weighted by Gasteiger charge is 2.12. The first kappa shape index (κ1) is 13.8. The van der Waals surface area contributed by atoms with E-state index in [0.29, 0.717) is 28.3 Å². The Morgan fingerprint density at radius 1 is 1.29 bits per heavy atom. The number of nitrogens with one attached hydrogen (secondary N) is 1. The molecule has 6 heteroatoms. The molecule has 21 heavy (non-hydrogen) atoms. The van der Waals surface area contributed by atoms with E-state index in [0.717, 1.165) is 5.56 Å². The largest absolute Gasteiger partial charge is 0.310 e. The highest BCUT2D eigenvalue weighted by atomic mass is 35.5. The number of rotatable bonds is 3. The molecule has 1 N–H and O–H groups in total. The summed E-state index contributed by atoms with van der Waals surface area (Å²) in [5.74, 6) is 0.622. The number of aromatic amines is 1. The minimum Gasteiger partial charge on any atom is -0.310 e. The maximum Gasteiger partial charge on any atom is 0.262 e. The van der Waals surface area contributed by atoms with E-state index in [1.165, 1.54) is 0 Å². The van der Waals surface area contributed by atoms with Crippen LogP contribution in [0.4, 0.5) is 0 Å². The number of hydrogen-bond donors (Lipinski definition) is 1. The summed E-state index contributed by atoms with van der Waals surface area (Å²) in [5.41, 5.74) is 1.51. The van der Waals surface area contributed by atoms with Crippen LogP contribution in [0, 0.1) is 0 Å². The van der Waals surface area contributed by atoms with Crippen molar-refractivity contribution in [2.75, 3.05) is 0 Å². The summed E-state index contributed by atoms with van der Waals surface area (Å²) in [6, 6.07) is 7.65. The van der Waals surface area contributed by atoms with Gasteiger partial charge in [-0.05, 0) is 31.5 Å². The van der Waals surface area contributed by atoms with Crippen molar-refractivity contribution >= 4 is 22.6 Å². The predicted molar refractivity (Wildman–Crippen MR) is 82.8 cm³/mol. The summed E-state index contributed by atoms with van der Waals surface area (Å²) in [6.07, 6.45) is 2.11. The van der Waals surface area contributed by atoms with E-state index >= 15 is 0 Å². The van der Waals surface area contributed by atoms with Crippen molar-refractivity contribution in [2.24, 2.45) is 0 Å². The zero-order valence-corrected chi connectivity index (χ0v) is 12.6.